The van der Waals surface area contributed by atoms with Crippen LogP contribution < -0.4 is 11.1 Å². The first-order valence-electron chi connectivity index (χ1n) is 9.06. The summed E-state index contributed by atoms with van der Waals surface area (Å²) < 4.78 is 0.533. The molecular formula is C20H22ClN3O4S. The number of ketones is 1. The molecule has 0 unspecified atom stereocenters. The molecule has 0 aliphatic carbocycles. The highest BCUT2D eigenvalue weighted by atomic mass is 35.5. The van der Waals surface area contributed by atoms with E-state index in [1.54, 1.807) is 29.2 Å². The summed E-state index contributed by atoms with van der Waals surface area (Å²) in [5, 5.41) is 2.71. The zero-order valence-corrected chi connectivity index (χ0v) is 17.5. The number of hydrogen-bond donors (Lipinski definition) is 2. The molecule has 29 heavy (non-hydrogen) atoms. The number of nitrogens with zero attached hydrogens (tertiary/aromatic N) is 1. The molecule has 0 fully saturated rings. The van der Waals surface area contributed by atoms with Gasteiger partial charge >= 0.3 is 0 Å². The van der Waals surface area contributed by atoms with Gasteiger partial charge in [0, 0.05) is 43.6 Å². The topological polar surface area (TPSA) is 110 Å². The van der Waals surface area contributed by atoms with Gasteiger partial charge in [-0.15, -0.1) is 11.3 Å². The third kappa shape index (κ3) is 6.99. The lowest BCUT2D eigenvalue weighted by atomic mass is 10.1. The first kappa shape index (κ1) is 22.6. The highest BCUT2D eigenvalue weighted by Crippen LogP contribution is 2.23. The number of halogens is 1. The van der Waals surface area contributed by atoms with Gasteiger partial charge in [0.1, 0.15) is 0 Å². The Kier molecular flexibility index (Phi) is 8.35. The quantitative estimate of drug-likeness (QED) is 0.557. The summed E-state index contributed by atoms with van der Waals surface area (Å²) in [5.74, 6) is -1.10. The Morgan fingerprint density at radius 2 is 1.72 bits per heavy atom. The summed E-state index contributed by atoms with van der Waals surface area (Å²) in [6, 6.07) is 9.53. The van der Waals surface area contributed by atoms with Crippen LogP contribution in [0.25, 0.3) is 0 Å². The minimum Gasteiger partial charge on any atom is -0.366 e. The van der Waals surface area contributed by atoms with Gasteiger partial charge in [0.2, 0.25) is 17.7 Å². The molecule has 1 aromatic heterocycles. The summed E-state index contributed by atoms with van der Waals surface area (Å²) in [6.45, 7) is 2.51. The predicted octanol–water partition coefficient (Wildman–Crippen LogP) is 3.34. The van der Waals surface area contributed by atoms with Gasteiger partial charge in [-0.05, 0) is 43.3 Å². The van der Waals surface area contributed by atoms with Crippen molar-refractivity contribution in [2.45, 2.75) is 26.2 Å². The number of carbonyl (C=O) groups excluding carboxylic acids is 4. The van der Waals surface area contributed by atoms with Gasteiger partial charge in [0.15, 0.2) is 5.78 Å². The van der Waals surface area contributed by atoms with Crippen LogP contribution in [-0.2, 0) is 9.59 Å². The van der Waals surface area contributed by atoms with Crippen LogP contribution >= 0.6 is 22.9 Å². The number of hydrogen-bond acceptors (Lipinski definition) is 5. The molecule has 3 N–H and O–H groups in total. The standard InChI is InChI=1S/C20H22ClN3O4S/c1-2-24(19(27)10-7-15(25)16-8-9-17(21)29-16)12-11-18(26)23-14-5-3-13(4-6-14)20(22)28/h3-6,8-9H,2,7,10-12H2,1H3,(H2,22,28)(H,23,26). The maximum atomic E-state index is 12.4. The summed E-state index contributed by atoms with van der Waals surface area (Å²) in [4.78, 5) is 49.7. The van der Waals surface area contributed by atoms with Crippen molar-refractivity contribution >= 4 is 52.1 Å². The van der Waals surface area contributed by atoms with Crippen LogP contribution in [0.5, 0.6) is 0 Å². The zero-order chi connectivity index (χ0) is 21.4. The Morgan fingerprint density at radius 3 is 2.28 bits per heavy atom. The van der Waals surface area contributed by atoms with Gasteiger partial charge in [-0.3, -0.25) is 19.2 Å². The summed E-state index contributed by atoms with van der Waals surface area (Å²) in [7, 11) is 0. The van der Waals surface area contributed by atoms with E-state index in [1.165, 1.54) is 23.5 Å². The molecule has 0 saturated heterocycles. The lowest BCUT2D eigenvalue weighted by molar-refractivity contribution is -0.131. The van der Waals surface area contributed by atoms with Crippen LogP contribution in [0.4, 0.5) is 5.69 Å². The number of nitrogens with two attached hydrogens (primary N) is 1. The van der Waals surface area contributed by atoms with Crippen molar-refractivity contribution in [3.8, 4) is 0 Å². The molecule has 3 amide bonds. The van der Waals surface area contributed by atoms with Crippen molar-refractivity contribution < 1.29 is 19.2 Å². The average Bonchev–Trinajstić information content (AvgIpc) is 3.13. The molecule has 0 saturated carbocycles. The molecule has 2 rings (SSSR count). The zero-order valence-electron chi connectivity index (χ0n) is 15.9. The Morgan fingerprint density at radius 1 is 1.03 bits per heavy atom. The van der Waals surface area contributed by atoms with Crippen LogP contribution in [0, 0.1) is 0 Å². The van der Waals surface area contributed by atoms with Gasteiger partial charge < -0.3 is 16.0 Å². The van der Waals surface area contributed by atoms with Gasteiger partial charge in [-0.2, -0.15) is 0 Å². The van der Waals surface area contributed by atoms with Gasteiger partial charge in [0.25, 0.3) is 0 Å². The number of benzene rings is 1. The number of Topliss-reactive ketones (excluding diaryl/α,β-unsaturated/α-hetero) is 1. The lowest BCUT2D eigenvalue weighted by Crippen LogP contribution is -2.33. The Bertz CT molecular complexity index is 895. The second kappa shape index (κ2) is 10.7. The number of anilines is 1. The molecule has 9 heteroatoms. The second-order valence-corrected chi connectivity index (χ2v) is 7.96. The number of primary amides is 1. The van der Waals surface area contributed by atoms with Crippen molar-refractivity contribution in [1.82, 2.24) is 4.90 Å². The molecule has 0 radical (unpaired) electrons. The van der Waals surface area contributed by atoms with E-state index in [0.717, 1.165) is 0 Å². The molecule has 0 atom stereocenters. The van der Waals surface area contributed by atoms with E-state index < -0.39 is 5.91 Å². The number of rotatable bonds is 10. The third-order valence-electron chi connectivity index (χ3n) is 4.21. The van der Waals surface area contributed by atoms with E-state index in [1.807, 2.05) is 6.92 Å². The van der Waals surface area contributed by atoms with Crippen LogP contribution in [0.1, 0.15) is 46.2 Å². The summed E-state index contributed by atoms with van der Waals surface area (Å²) >= 11 is 7.01. The normalized spacial score (nSPS) is 10.4. The maximum Gasteiger partial charge on any atom is 0.248 e. The number of thiophene rings is 1. The lowest BCUT2D eigenvalue weighted by Gasteiger charge is -2.20. The molecule has 0 aliphatic rings. The highest BCUT2D eigenvalue weighted by Gasteiger charge is 2.16. The van der Waals surface area contributed by atoms with Crippen molar-refractivity contribution in [3.63, 3.8) is 0 Å². The average molecular weight is 436 g/mol. The first-order chi connectivity index (χ1) is 13.8. The van der Waals surface area contributed by atoms with Gasteiger partial charge in [-0.1, -0.05) is 11.6 Å². The van der Waals surface area contributed by atoms with E-state index in [2.05, 4.69) is 5.32 Å². The van der Waals surface area contributed by atoms with Gasteiger partial charge in [-0.25, -0.2) is 0 Å². The van der Waals surface area contributed by atoms with Crippen molar-refractivity contribution in [1.29, 1.82) is 0 Å². The molecule has 0 bridgehead atoms. The van der Waals surface area contributed by atoms with Crippen LogP contribution in [0.15, 0.2) is 36.4 Å². The van der Waals surface area contributed by atoms with E-state index in [0.29, 0.717) is 27.0 Å². The molecule has 154 valence electrons. The minimum atomic E-state index is -0.541. The first-order valence-corrected chi connectivity index (χ1v) is 10.3. The molecule has 1 heterocycles. The maximum absolute atomic E-state index is 12.4. The molecule has 0 aliphatic heterocycles. The second-order valence-electron chi connectivity index (χ2n) is 6.24. The fourth-order valence-electron chi connectivity index (χ4n) is 2.60. The molecule has 2 aromatic rings. The Hall–Kier alpha value is -2.71. The molecule has 7 nitrogen and oxygen atoms in total. The van der Waals surface area contributed by atoms with Gasteiger partial charge in [0.05, 0.1) is 9.21 Å². The largest absolute Gasteiger partial charge is 0.366 e. The van der Waals surface area contributed by atoms with Crippen LogP contribution in [0.3, 0.4) is 0 Å². The van der Waals surface area contributed by atoms with Crippen LogP contribution in [-0.4, -0.2) is 41.5 Å². The van der Waals surface area contributed by atoms with Crippen molar-refractivity contribution in [2.75, 3.05) is 18.4 Å². The van der Waals surface area contributed by atoms with Crippen LogP contribution in [0.2, 0.25) is 4.34 Å². The third-order valence-corrected chi connectivity index (χ3v) is 5.48. The summed E-state index contributed by atoms with van der Waals surface area (Å²) in [6.07, 6.45) is 0.300. The SMILES string of the molecule is CCN(CCC(=O)Nc1ccc(C(N)=O)cc1)C(=O)CCC(=O)c1ccc(Cl)s1. The monoisotopic (exact) mass is 435 g/mol. The fraction of sp³-hybridized carbons (Fsp3) is 0.300. The highest BCUT2D eigenvalue weighted by molar-refractivity contribution is 7.18. The van der Waals surface area contributed by atoms with E-state index in [4.69, 9.17) is 17.3 Å². The number of amides is 3. The number of carbonyl (C=O) groups is 4. The molecular weight excluding hydrogens is 414 g/mol. The number of nitrogens with one attached hydrogen (secondary N) is 1. The minimum absolute atomic E-state index is 0.0817. The van der Waals surface area contributed by atoms with E-state index in [9.17, 15) is 19.2 Å². The predicted molar refractivity (Wildman–Crippen MR) is 113 cm³/mol. The molecule has 0 spiro atoms. The van der Waals surface area contributed by atoms with Crippen molar-refractivity contribution in [2.24, 2.45) is 5.73 Å². The summed E-state index contributed by atoms with van der Waals surface area (Å²) in [5.41, 5.74) is 6.07. The Labute approximate surface area is 177 Å². The molecule has 1 aromatic carbocycles. The Balaban J connectivity index is 1.79. The smallest absolute Gasteiger partial charge is 0.248 e. The van der Waals surface area contributed by atoms with Crippen molar-refractivity contribution in [3.05, 3.63) is 51.2 Å². The van der Waals surface area contributed by atoms with E-state index >= 15 is 0 Å². The van der Waals surface area contributed by atoms with E-state index in [-0.39, 0.29) is 43.4 Å². The fourth-order valence-corrected chi connectivity index (χ4v) is 3.61.